The van der Waals surface area contributed by atoms with Crippen molar-refractivity contribution in [1.82, 2.24) is 0 Å². The van der Waals surface area contributed by atoms with Crippen LogP contribution in [0.15, 0.2) is 48.6 Å². The fraction of sp³-hybridized carbons (Fsp3) is 0.810. The molecule has 0 saturated carbocycles. The molecule has 0 saturated heterocycles. The van der Waals surface area contributed by atoms with Gasteiger partial charge in [-0.2, -0.15) is 0 Å². The molecule has 0 bridgehead atoms. The molecule has 0 aromatic heterocycles. The Morgan fingerprint density at radius 1 is 0.312 bits per heavy atom. The first-order chi connectivity index (χ1) is 31.5. The fourth-order valence-electron chi connectivity index (χ4n) is 7.82. The number of rotatable bonds is 50. The summed E-state index contributed by atoms with van der Waals surface area (Å²) in [7, 11) is 0. The van der Waals surface area contributed by atoms with Crippen LogP contribution in [0, 0.1) is 0 Å². The summed E-state index contributed by atoms with van der Waals surface area (Å²) in [6, 6.07) is 0. The van der Waals surface area contributed by atoms with E-state index in [0.29, 0.717) is 19.3 Å². The maximum absolute atomic E-state index is 12.8. The number of hydrogen-bond donors (Lipinski definition) is 0. The van der Waals surface area contributed by atoms with Gasteiger partial charge in [-0.1, -0.05) is 217 Å². The van der Waals surface area contributed by atoms with Crippen molar-refractivity contribution in [2.45, 2.75) is 290 Å². The second-order valence-corrected chi connectivity index (χ2v) is 18.5. The predicted octanol–water partition coefficient (Wildman–Crippen LogP) is 18.3. The highest BCUT2D eigenvalue weighted by Crippen LogP contribution is 2.15. The minimum absolute atomic E-state index is 0.0821. The van der Waals surface area contributed by atoms with Crippen molar-refractivity contribution in [2.24, 2.45) is 0 Å². The molecule has 6 heteroatoms. The minimum atomic E-state index is -0.783. The van der Waals surface area contributed by atoms with Gasteiger partial charge in [-0.25, -0.2) is 0 Å². The van der Waals surface area contributed by atoms with Crippen LogP contribution in [0.1, 0.15) is 284 Å². The molecular weight excluding hydrogens is 793 g/mol. The monoisotopic (exact) mass is 897 g/mol. The van der Waals surface area contributed by atoms with Gasteiger partial charge < -0.3 is 14.2 Å². The van der Waals surface area contributed by atoms with E-state index in [0.717, 1.165) is 96.3 Å². The lowest BCUT2D eigenvalue weighted by molar-refractivity contribution is -0.167. The first kappa shape index (κ1) is 61.4. The summed E-state index contributed by atoms with van der Waals surface area (Å²) in [6.45, 7) is 6.57. The van der Waals surface area contributed by atoms with E-state index in [4.69, 9.17) is 14.2 Å². The van der Waals surface area contributed by atoms with Crippen molar-refractivity contribution < 1.29 is 28.6 Å². The Kier molecular flexibility index (Phi) is 50.8. The van der Waals surface area contributed by atoms with Gasteiger partial charge in [0.05, 0.1) is 0 Å². The van der Waals surface area contributed by atoms with Crippen LogP contribution in [0.3, 0.4) is 0 Å². The molecule has 0 fully saturated rings. The molecule has 0 aliphatic rings. The standard InChI is InChI=1S/C58H104O6/c1-4-7-10-13-16-19-22-25-27-28-29-31-33-36-39-42-45-48-51-57(60)63-54-55(53-62-56(59)50-47-44-41-38-35-32-24-21-18-15-12-9-6-3)64-58(61)52-49-46-43-40-37-34-30-26-23-20-17-14-11-8-5-2/h12,15,21,24,26-28,30,55H,4-11,13-14,16-20,22-23,25,29,31-54H2,1-3H3/b15-12-,24-21-,28-27-,30-26-. The van der Waals surface area contributed by atoms with Crippen LogP contribution >= 0.6 is 0 Å². The summed E-state index contributed by atoms with van der Waals surface area (Å²) in [5.74, 6) is -0.900. The molecule has 1 unspecified atom stereocenters. The third-order valence-corrected chi connectivity index (χ3v) is 12.0. The maximum Gasteiger partial charge on any atom is 0.306 e. The van der Waals surface area contributed by atoms with Crippen LogP contribution in [-0.4, -0.2) is 37.2 Å². The molecule has 1 atom stereocenters. The molecule has 0 rings (SSSR count). The Labute approximate surface area is 397 Å². The van der Waals surface area contributed by atoms with Crippen LogP contribution in [-0.2, 0) is 28.6 Å². The number of allylic oxidation sites excluding steroid dienone is 8. The Balaban J connectivity index is 4.37. The van der Waals surface area contributed by atoms with Crippen molar-refractivity contribution in [1.29, 1.82) is 0 Å². The van der Waals surface area contributed by atoms with Gasteiger partial charge in [0.15, 0.2) is 6.10 Å². The fourth-order valence-corrected chi connectivity index (χ4v) is 7.82. The second kappa shape index (κ2) is 53.0. The van der Waals surface area contributed by atoms with E-state index in [2.05, 4.69) is 69.4 Å². The molecule has 0 heterocycles. The SMILES string of the molecule is CCC/C=C\C/C=C\CCCCCCCC(=O)OCC(COC(=O)CCCCCCCCC/C=C\CCCCCCCCC)OC(=O)CCCCCCC/C=C\CCCCCCCC. The average Bonchev–Trinajstić information content (AvgIpc) is 3.29. The summed E-state index contributed by atoms with van der Waals surface area (Å²) in [4.78, 5) is 38.1. The third kappa shape index (κ3) is 50.4. The normalized spacial score (nSPS) is 12.4. The Morgan fingerprint density at radius 3 is 0.938 bits per heavy atom. The highest BCUT2D eigenvalue weighted by Gasteiger charge is 2.19. The predicted molar refractivity (Wildman–Crippen MR) is 275 cm³/mol. The van der Waals surface area contributed by atoms with Crippen LogP contribution in [0.4, 0.5) is 0 Å². The van der Waals surface area contributed by atoms with Crippen molar-refractivity contribution in [3.05, 3.63) is 48.6 Å². The van der Waals surface area contributed by atoms with Gasteiger partial charge in [0.2, 0.25) is 0 Å². The molecule has 64 heavy (non-hydrogen) atoms. The zero-order valence-corrected chi connectivity index (χ0v) is 42.6. The number of hydrogen-bond acceptors (Lipinski definition) is 6. The first-order valence-electron chi connectivity index (χ1n) is 27.6. The van der Waals surface area contributed by atoms with E-state index in [9.17, 15) is 14.4 Å². The van der Waals surface area contributed by atoms with E-state index in [1.54, 1.807) is 0 Å². The van der Waals surface area contributed by atoms with Gasteiger partial charge >= 0.3 is 17.9 Å². The Bertz CT molecular complexity index is 1120. The van der Waals surface area contributed by atoms with Crippen molar-refractivity contribution in [2.75, 3.05) is 13.2 Å². The number of ether oxygens (including phenoxy) is 3. The third-order valence-electron chi connectivity index (χ3n) is 12.0. The van der Waals surface area contributed by atoms with Crippen LogP contribution < -0.4 is 0 Å². The molecule has 0 radical (unpaired) electrons. The Morgan fingerprint density at radius 2 is 0.594 bits per heavy atom. The smallest absolute Gasteiger partial charge is 0.306 e. The summed E-state index contributed by atoms with van der Waals surface area (Å²) < 4.78 is 16.8. The lowest BCUT2D eigenvalue weighted by Crippen LogP contribution is -2.30. The lowest BCUT2D eigenvalue weighted by Gasteiger charge is -2.18. The number of unbranched alkanes of at least 4 members (excludes halogenated alkanes) is 31. The molecule has 372 valence electrons. The summed E-state index contributed by atoms with van der Waals surface area (Å²) in [5.41, 5.74) is 0. The molecule has 0 amide bonds. The molecule has 0 spiro atoms. The van der Waals surface area contributed by atoms with Gasteiger partial charge in [-0.15, -0.1) is 0 Å². The minimum Gasteiger partial charge on any atom is -0.462 e. The summed E-state index contributed by atoms with van der Waals surface area (Å²) in [6.07, 6.45) is 63.8. The number of carbonyl (C=O) groups excluding carboxylic acids is 3. The zero-order chi connectivity index (χ0) is 46.5. The Hall–Kier alpha value is -2.63. The first-order valence-corrected chi connectivity index (χ1v) is 27.6. The van der Waals surface area contributed by atoms with E-state index in [1.165, 1.54) is 148 Å². The van der Waals surface area contributed by atoms with E-state index >= 15 is 0 Å². The van der Waals surface area contributed by atoms with Gasteiger partial charge in [0.1, 0.15) is 13.2 Å². The topological polar surface area (TPSA) is 78.9 Å². The van der Waals surface area contributed by atoms with Crippen LogP contribution in [0.2, 0.25) is 0 Å². The summed E-state index contributed by atoms with van der Waals surface area (Å²) >= 11 is 0. The molecule has 0 aromatic carbocycles. The number of carbonyl (C=O) groups is 3. The van der Waals surface area contributed by atoms with Crippen molar-refractivity contribution in [3.8, 4) is 0 Å². The second-order valence-electron chi connectivity index (χ2n) is 18.5. The quantitative estimate of drug-likeness (QED) is 0.0262. The van der Waals surface area contributed by atoms with E-state index in [1.807, 2.05) is 0 Å². The van der Waals surface area contributed by atoms with Crippen LogP contribution in [0.25, 0.3) is 0 Å². The maximum atomic E-state index is 12.8. The van der Waals surface area contributed by atoms with Crippen LogP contribution in [0.5, 0.6) is 0 Å². The van der Waals surface area contributed by atoms with Gasteiger partial charge in [-0.3, -0.25) is 14.4 Å². The molecule has 0 N–H and O–H groups in total. The molecular formula is C58H104O6. The zero-order valence-electron chi connectivity index (χ0n) is 42.6. The van der Waals surface area contributed by atoms with Crippen molar-refractivity contribution in [3.63, 3.8) is 0 Å². The van der Waals surface area contributed by atoms with Gasteiger partial charge in [0, 0.05) is 19.3 Å². The van der Waals surface area contributed by atoms with Gasteiger partial charge in [-0.05, 0) is 96.3 Å². The molecule has 0 aliphatic carbocycles. The highest BCUT2D eigenvalue weighted by atomic mass is 16.6. The number of esters is 3. The molecule has 6 nitrogen and oxygen atoms in total. The molecule has 0 aliphatic heterocycles. The molecule has 0 aromatic rings. The largest absolute Gasteiger partial charge is 0.462 e. The summed E-state index contributed by atoms with van der Waals surface area (Å²) in [5, 5.41) is 0. The average molecular weight is 897 g/mol. The van der Waals surface area contributed by atoms with E-state index in [-0.39, 0.29) is 31.1 Å². The van der Waals surface area contributed by atoms with Crippen molar-refractivity contribution >= 4 is 17.9 Å². The lowest BCUT2D eigenvalue weighted by atomic mass is 10.1. The van der Waals surface area contributed by atoms with Gasteiger partial charge in [0.25, 0.3) is 0 Å². The highest BCUT2D eigenvalue weighted by molar-refractivity contribution is 5.71. The van der Waals surface area contributed by atoms with E-state index < -0.39 is 6.10 Å².